The number of para-hydroxylation sites is 4. The molecule has 13 aromatic rings. The average Bonchev–Trinajstić information content (AvgIpc) is 3.99. The van der Waals surface area contributed by atoms with E-state index < -0.39 is 0 Å². The van der Waals surface area contributed by atoms with Crippen molar-refractivity contribution < 1.29 is 4.42 Å². The average molecular weight is 779 g/mol. The molecule has 0 aliphatic carbocycles. The lowest BCUT2D eigenvalue weighted by Gasteiger charge is -2.12. The minimum absolute atomic E-state index is 0.628. The number of benzene rings is 9. The Kier molecular flexibility index (Phi) is 7.24. The van der Waals surface area contributed by atoms with E-state index in [0.29, 0.717) is 5.95 Å². The van der Waals surface area contributed by atoms with E-state index in [4.69, 9.17) is 14.4 Å². The summed E-state index contributed by atoms with van der Waals surface area (Å²) in [5.74, 6) is 0.628. The van der Waals surface area contributed by atoms with Crippen LogP contribution in [0.5, 0.6) is 0 Å². The molecule has 0 fully saturated rings. The quantitative estimate of drug-likeness (QED) is 0.175. The summed E-state index contributed by atoms with van der Waals surface area (Å²) in [6, 6.07) is 73.2. The highest BCUT2D eigenvalue weighted by atomic mass is 16.3. The molecule has 61 heavy (non-hydrogen) atoms. The van der Waals surface area contributed by atoms with Gasteiger partial charge in [0, 0.05) is 49.0 Å². The Bertz CT molecular complexity index is 3890. The lowest BCUT2D eigenvalue weighted by atomic mass is 10.0. The summed E-state index contributed by atoms with van der Waals surface area (Å²) >= 11 is 0. The summed E-state index contributed by atoms with van der Waals surface area (Å²) in [7, 11) is 0. The van der Waals surface area contributed by atoms with E-state index in [1.807, 2.05) is 24.3 Å². The van der Waals surface area contributed by atoms with Crippen LogP contribution in [-0.2, 0) is 0 Å². The summed E-state index contributed by atoms with van der Waals surface area (Å²) in [4.78, 5) is 10.7. The molecule has 0 N–H and O–H groups in total. The van der Waals surface area contributed by atoms with E-state index >= 15 is 0 Å². The van der Waals surface area contributed by atoms with Gasteiger partial charge in [-0.15, -0.1) is 0 Å². The second-order valence-corrected chi connectivity index (χ2v) is 15.8. The Morgan fingerprint density at radius 1 is 0.344 bits per heavy atom. The normalized spacial score (nSPS) is 11.9. The summed E-state index contributed by atoms with van der Waals surface area (Å²) < 4.78 is 10.9. The van der Waals surface area contributed by atoms with Gasteiger partial charge in [0.15, 0.2) is 0 Å². The van der Waals surface area contributed by atoms with Gasteiger partial charge in [0.05, 0.1) is 33.3 Å². The van der Waals surface area contributed by atoms with Crippen LogP contribution in [0.25, 0.3) is 122 Å². The Hall–Kier alpha value is -8.28. The van der Waals surface area contributed by atoms with Crippen molar-refractivity contribution >= 4 is 76.5 Å². The van der Waals surface area contributed by atoms with E-state index in [0.717, 1.165) is 82.7 Å². The smallest absolute Gasteiger partial charge is 0.235 e. The molecule has 0 saturated carbocycles. The van der Waals surface area contributed by atoms with Crippen molar-refractivity contribution in [3.05, 3.63) is 206 Å². The van der Waals surface area contributed by atoms with Crippen LogP contribution in [0.1, 0.15) is 0 Å². The SMILES string of the molecule is c1ccc(-c2cccc(-n3c4ccccc4c4cc(-c5ccc6c(c5)c5ccccc5n6-c5nc(-c6cccc7oc8ccccc8c67)c6ccccc6n5)ccc43)c2)cc1. The minimum atomic E-state index is 0.628. The molecule has 5 nitrogen and oxygen atoms in total. The first-order valence-electron chi connectivity index (χ1n) is 20.7. The molecule has 5 heteroatoms. The van der Waals surface area contributed by atoms with Gasteiger partial charge >= 0.3 is 0 Å². The second kappa shape index (κ2) is 13.1. The van der Waals surface area contributed by atoms with Gasteiger partial charge < -0.3 is 8.98 Å². The zero-order valence-corrected chi connectivity index (χ0v) is 32.8. The van der Waals surface area contributed by atoms with Crippen LogP contribution >= 0.6 is 0 Å². The number of aromatic nitrogens is 4. The fourth-order valence-electron chi connectivity index (χ4n) is 9.60. The zero-order chi connectivity index (χ0) is 40.0. The maximum atomic E-state index is 6.33. The minimum Gasteiger partial charge on any atom is -0.456 e. The number of nitrogens with zero attached hydrogens (tertiary/aromatic N) is 4. The van der Waals surface area contributed by atoms with E-state index in [9.17, 15) is 0 Å². The van der Waals surface area contributed by atoms with Gasteiger partial charge in [0.25, 0.3) is 0 Å². The molecular weight excluding hydrogens is 745 g/mol. The van der Waals surface area contributed by atoms with Crippen molar-refractivity contribution in [2.24, 2.45) is 0 Å². The van der Waals surface area contributed by atoms with Gasteiger partial charge in [-0.2, -0.15) is 0 Å². The molecular formula is C56H34N4O. The molecule has 284 valence electrons. The zero-order valence-electron chi connectivity index (χ0n) is 32.8. The molecule has 9 aromatic carbocycles. The number of fused-ring (bicyclic) bond motifs is 10. The van der Waals surface area contributed by atoms with Gasteiger partial charge in [-0.3, -0.25) is 4.57 Å². The van der Waals surface area contributed by atoms with E-state index in [1.165, 1.54) is 32.9 Å². The summed E-state index contributed by atoms with van der Waals surface area (Å²) in [5, 5.41) is 7.87. The predicted octanol–water partition coefficient (Wildman–Crippen LogP) is 14.7. The van der Waals surface area contributed by atoms with Crippen LogP contribution < -0.4 is 0 Å². The third kappa shape index (κ3) is 5.14. The van der Waals surface area contributed by atoms with Gasteiger partial charge in [0.2, 0.25) is 5.95 Å². The fourth-order valence-corrected chi connectivity index (χ4v) is 9.60. The lowest BCUT2D eigenvalue weighted by molar-refractivity contribution is 0.669. The first-order valence-corrected chi connectivity index (χ1v) is 20.7. The largest absolute Gasteiger partial charge is 0.456 e. The molecule has 0 aliphatic rings. The van der Waals surface area contributed by atoms with Crippen molar-refractivity contribution in [2.75, 3.05) is 0 Å². The van der Waals surface area contributed by atoms with Crippen molar-refractivity contribution in [1.29, 1.82) is 0 Å². The molecule has 0 radical (unpaired) electrons. The molecule has 0 atom stereocenters. The molecule has 0 bridgehead atoms. The first kappa shape index (κ1) is 33.7. The van der Waals surface area contributed by atoms with Crippen LogP contribution in [0.3, 0.4) is 0 Å². The fraction of sp³-hybridized carbons (Fsp3) is 0. The van der Waals surface area contributed by atoms with Crippen LogP contribution in [0.4, 0.5) is 0 Å². The molecule has 0 unspecified atom stereocenters. The Balaban J connectivity index is 0.984. The number of hydrogen-bond donors (Lipinski definition) is 0. The molecule has 4 aromatic heterocycles. The first-order chi connectivity index (χ1) is 30.2. The van der Waals surface area contributed by atoms with Gasteiger partial charge in [-0.05, 0) is 89.0 Å². The molecule has 4 heterocycles. The number of rotatable bonds is 5. The van der Waals surface area contributed by atoms with Crippen molar-refractivity contribution in [2.45, 2.75) is 0 Å². The number of hydrogen-bond acceptors (Lipinski definition) is 3. The second-order valence-electron chi connectivity index (χ2n) is 15.8. The van der Waals surface area contributed by atoms with Gasteiger partial charge in [-0.25, -0.2) is 9.97 Å². The third-order valence-electron chi connectivity index (χ3n) is 12.3. The van der Waals surface area contributed by atoms with E-state index in [2.05, 4.69) is 191 Å². The van der Waals surface area contributed by atoms with E-state index in [1.54, 1.807) is 0 Å². The Morgan fingerprint density at radius 2 is 0.902 bits per heavy atom. The van der Waals surface area contributed by atoms with Gasteiger partial charge in [-0.1, -0.05) is 140 Å². The standard InChI is InChI=1S/C56H34N4O/c1-2-14-35(15-3-1)36-16-12-17-39(32-36)59-48-24-9-5-18-40(48)45-33-37(28-30-50(45)59)38-29-31-51-46(34-38)41-19-6-10-25-49(41)60(51)56-57-47-23-8-4-20-42(47)55(58-56)44-22-13-27-53-54(44)43-21-7-11-26-52(43)61-53/h1-34H. The summed E-state index contributed by atoms with van der Waals surface area (Å²) in [6.45, 7) is 0. The molecule has 0 saturated heterocycles. The van der Waals surface area contributed by atoms with Crippen molar-refractivity contribution in [1.82, 2.24) is 19.1 Å². The van der Waals surface area contributed by atoms with Crippen molar-refractivity contribution in [3.63, 3.8) is 0 Å². The molecule has 0 spiro atoms. The molecule has 13 rings (SSSR count). The van der Waals surface area contributed by atoms with Crippen LogP contribution in [0.15, 0.2) is 211 Å². The molecule has 0 aliphatic heterocycles. The Morgan fingerprint density at radius 3 is 1.67 bits per heavy atom. The monoisotopic (exact) mass is 778 g/mol. The van der Waals surface area contributed by atoms with Gasteiger partial charge in [0.1, 0.15) is 11.2 Å². The lowest BCUT2D eigenvalue weighted by Crippen LogP contribution is -2.03. The number of furan rings is 1. The highest BCUT2D eigenvalue weighted by molar-refractivity contribution is 6.15. The summed E-state index contributed by atoms with van der Waals surface area (Å²) in [5.41, 5.74) is 14.8. The summed E-state index contributed by atoms with van der Waals surface area (Å²) in [6.07, 6.45) is 0. The maximum Gasteiger partial charge on any atom is 0.235 e. The topological polar surface area (TPSA) is 48.8 Å². The highest BCUT2D eigenvalue weighted by Gasteiger charge is 2.21. The van der Waals surface area contributed by atoms with Crippen LogP contribution in [0, 0.1) is 0 Å². The predicted molar refractivity (Wildman–Crippen MR) is 252 cm³/mol. The van der Waals surface area contributed by atoms with E-state index in [-0.39, 0.29) is 0 Å². The Labute approximate surface area is 350 Å². The third-order valence-corrected chi connectivity index (χ3v) is 12.3. The molecule has 0 amide bonds. The maximum absolute atomic E-state index is 6.33. The van der Waals surface area contributed by atoms with Crippen LogP contribution in [0.2, 0.25) is 0 Å². The van der Waals surface area contributed by atoms with Crippen LogP contribution in [-0.4, -0.2) is 19.1 Å². The van der Waals surface area contributed by atoms with Crippen molar-refractivity contribution in [3.8, 4) is 45.1 Å². The highest BCUT2D eigenvalue weighted by Crippen LogP contribution is 2.41.